The average Bonchev–Trinajstić information content (AvgIpc) is 1.89. The van der Waals surface area contributed by atoms with Gasteiger partial charge in [-0.25, -0.2) is 0 Å². The summed E-state index contributed by atoms with van der Waals surface area (Å²) in [5, 5.41) is 3.65. The molecular formula is C7H11NO2. The second-order valence-corrected chi connectivity index (χ2v) is 1.74. The number of terminal acetylenes is 1. The molecule has 0 spiro atoms. The van der Waals surface area contributed by atoms with E-state index in [1.165, 1.54) is 0 Å². The molecule has 0 aliphatic carbocycles. The number of oxime groups is 1. The van der Waals surface area contributed by atoms with Gasteiger partial charge in [-0.3, -0.25) is 0 Å². The summed E-state index contributed by atoms with van der Waals surface area (Å²) in [7, 11) is 1.60. The Morgan fingerprint density at radius 2 is 2.40 bits per heavy atom. The first-order chi connectivity index (χ1) is 4.81. The molecule has 0 radical (unpaired) electrons. The van der Waals surface area contributed by atoms with Crippen LogP contribution in [0.15, 0.2) is 5.16 Å². The van der Waals surface area contributed by atoms with Crippen molar-refractivity contribution in [2.45, 2.75) is 6.92 Å². The van der Waals surface area contributed by atoms with Gasteiger partial charge in [-0.15, -0.1) is 6.42 Å². The van der Waals surface area contributed by atoms with Gasteiger partial charge in [0.05, 0.1) is 12.3 Å². The van der Waals surface area contributed by atoms with Crippen molar-refractivity contribution in [2.75, 3.05) is 20.3 Å². The molecule has 0 saturated heterocycles. The number of nitrogens with zero attached hydrogens (tertiary/aromatic N) is 1. The van der Waals surface area contributed by atoms with Crippen LogP contribution in [0.25, 0.3) is 0 Å². The first kappa shape index (κ1) is 8.99. The number of rotatable bonds is 4. The molecule has 0 saturated carbocycles. The molecule has 0 unspecified atom stereocenters. The van der Waals surface area contributed by atoms with Crippen molar-refractivity contribution in [3.8, 4) is 12.3 Å². The van der Waals surface area contributed by atoms with Gasteiger partial charge in [0, 0.05) is 7.11 Å². The molecule has 0 aromatic rings. The Morgan fingerprint density at radius 3 is 2.90 bits per heavy atom. The summed E-state index contributed by atoms with van der Waals surface area (Å²) >= 11 is 0. The van der Waals surface area contributed by atoms with E-state index in [4.69, 9.17) is 11.2 Å². The molecule has 0 bridgehead atoms. The zero-order valence-electron chi connectivity index (χ0n) is 6.26. The van der Waals surface area contributed by atoms with E-state index < -0.39 is 0 Å². The summed E-state index contributed by atoms with van der Waals surface area (Å²) in [5.41, 5.74) is 0.776. The van der Waals surface area contributed by atoms with Gasteiger partial charge in [0.2, 0.25) is 0 Å². The number of hydrogen-bond donors (Lipinski definition) is 0. The molecule has 0 aromatic carbocycles. The fourth-order valence-corrected chi connectivity index (χ4v) is 0.415. The Balaban J connectivity index is 3.39. The SMILES string of the molecule is C#CCO/N=C(\C)COC. The number of ether oxygens (including phenoxy) is 1. The Hall–Kier alpha value is -1.01. The topological polar surface area (TPSA) is 30.8 Å². The summed E-state index contributed by atoms with van der Waals surface area (Å²) in [6.45, 7) is 2.49. The lowest BCUT2D eigenvalue weighted by molar-refractivity contribution is 0.172. The van der Waals surface area contributed by atoms with Crippen molar-refractivity contribution in [1.29, 1.82) is 0 Å². The average molecular weight is 141 g/mol. The summed E-state index contributed by atoms with van der Waals surface area (Å²) < 4.78 is 4.77. The van der Waals surface area contributed by atoms with Crippen LogP contribution in [0, 0.1) is 12.3 Å². The molecule has 0 N–H and O–H groups in total. The second kappa shape index (κ2) is 6.12. The fourth-order valence-electron chi connectivity index (χ4n) is 0.415. The zero-order valence-corrected chi connectivity index (χ0v) is 6.26. The molecule has 0 heterocycles. The molecule has 3 nitrogen and oxygen atoms in total. The van der Waals surface area contributed by atoms with Crippen LogP contribution in [0.3, 0.4) is 0 Å². The molecule has 10 heavy (non-hydrogen) atoms. The molecule has 0 fully saturated rings. The molecule has 0 aromatic heterocycles. The van der Waals surface area contributed by atoms with Gasteiger partial charge in [0.15, 0.2) is 6.61 Å². The van der Waals surface area contributed by atoms with E-state index in [0.29, 0.717) is 6.61 Å². The Kier molecular flexibility index (Phi) is 5.50. The van der Waals surface area contributed by atoms with Crippen molar-refractivity contribution in [3.63, 3.8) is 0 Å². The highest BCUT2D eigenvalue weighted by Crippen LogP contribution is 1.80. The Morgan fingerprint density at radius 1 is 1.70 bits per heavy atom. The third-order valence-electron chi connectivity index (χ3n) is 0.721. The highest BCUT2D eigenvalue weighted by Gasteiger charge is 1.87. The van der Waals surface area contributed by atoms with E-state index in [2.05, 4.69) is 15.9 Å². The van der Waals surface area contributed by atoms with Crippen molar-refractivity contribution < 1.29 is 9.57 Å². The predicted octanol–water partition coefficient (Wildman–Crippen LogP) is 0.658. The highest BCUT2D eigenvalue weighted by atomic mass is 16.6. The minimum atomic E-state index is 0.209. The smallest absolute Gasteiger partial charge is 0.177 e. The third kappa shape index (κ3) is 5.13. The van der Waals surface area contributed by atoms with Crippen molar-refractivity contribution >= 4 is 5.71 Å². The van der Waals surface area contributed by atoms with Crippen LogP contribution in [-0.4, -0.2) is 26.0 Å². The van der Waals surface area contributed by atoms with Crippen molar-refractivity contribution in [3.05, 3.63) is 0 Å². The molecule has 0 aliphatic heterocycles. The minimum Gasteiger partial charge on any atom is -0.383 e. The maximum Gasteiger partial charge on any atom is 0.177 e. The number of methoxy groups -OCH3 is 1. The van der Waals surface area contributed by atoms with Gasteiger partial charge in [0.25, 0.3) is 0 Å². The lowest BCUT2D eigenvalue weighted by atomic mass is 10.5. The van der Waals surface area contributed by atoms with E-state index >= 15 is 0 Å². The van der Waals surface area contributed by atoms with Gasteiger partial charge < -0.3 is 9.57 Å². The van der Waals surface area contributed by atoms with Crippen molar-refractivity contribution in [1.82, 2.24) is 0 Å². The van der Waals surface area contributed by atoms with E-state index in [1.54, 1.807) is 14.0 Å². The molecule has 0 rings (SSSR count). The molecular weight excluding hydrogens is 130 g/mol. The van der Waals surface area contributed by atoms with Gasteiger partial charge in [-0.05, 0) is 6.92 Å². The predicted molar refractivity (Wildman–Crippen MR) is 39.8 cm³/mol. The Labute approximate surface area is 61.0 Å². The maximum absolute atomic E-state index is 4.91. The van der Waals surface area contributed by atoms with Crippen LogP contribution in [-0.2, 0) is 9.57 Å². The van der Waals surface area contributed by atoms with E-state index in [9.17, 15) is 0 Å². The van der Waals surface area contributed by atoms with E-state index in [-0.39, 0.29) is 6.61 Å². The van der Waals surface area contributed by atoms with Crippen LogP contribution in [0.5, 0.6) is 0 Å². The van der Waals surface area contributed by atoms with Crippen molar-refractivity contribution in [2.24, 2.45) is 5.16 Å². The molecule has 56 valence electrons. The first-order valence-corrected chi connectivity index (χ1v) is 2.89. The Bertz CT molecular complexity index is 146. The highest BCUT2D eigenvalue weighted by molar-refractivity contribution is 5.82. The fraction of sp³-hybridized carbons (Fsp3) is 0.571. The van der Waals surface area contributed by atoms with Crippen LogP contribution in [0.1, 0.15) is 6.92 Å². The maximum atomic E-state index is 4.91. The quantitative estimate of drug-likeness (QED) is 0.249. The number of hydrogen-bond acceptors (Lipinski definition) is 3. The van der Waals surface area contributed by atoms with E-state index in [0.717, 1.165) is 5.71 Å². The van der Waals surface area contributed by atoms with Crippen LogP contribution >= 0.6 is 0 Å². The first-order valence-electron chi connectivity index (χ1n) is 2.89. The van der Waals surface area contributed by atoms with Crippen LogP contribution in [0.4, 0.5) is 0 Å². The molecule has 0 amide bonds. The molecule has 0 atom stereocenters. The lowest BCUT2D eigenvalue weighted by Gasteiger charge is -1.96. The van der Waals surface area contributed by atoms with Gasteiger partial charge in [-0.1, -0.05) is 11.1 Å². The normalized spacial score (nSPS) is 10.7. The summed E-state index contributed by atoms with van der Waals surface area (Å²) in [5.74, 6) is 2.30. The summed E-state index contributed by atoms with van der Waals surface area (Å²) in [6.07, 6.45) is 4.91. The summed E-state index contributed by atoms with van der Waals surface area (Å²) in [6, 6.07) is 0. The van der Waals surface area contributed by atoms with E-state index in [1.807, 2.05) is 0 Å². The lowest BCUT2D eigenvalue weighted by Crippen LogP contribution is -2.02. The van der Waals surface area contributed by atoms with Crippen LogP contribution < -0.4 is 0 Å². The molecule has 0 aliphatic rings. The monoisotopic (exact) mass is 141 g/mol. The van der Waals surface area contributed by atoms with Gasteiger partial charge in [0.1, 0.15) is 0 Å². The largest absolute Gasteiger partial charge is 0.383 e. The van der Waals surface area contributed by atoms with Gasteiger partial charge >= 0.3 is 0 Å². The second-order valence-electron chi connectivity index (χ2n) is 1.74. The van der Waals surface area contributed by atoms with Gasteiger partial charge in [-0.2, -0.15) is 0 Å². The zero-order chi connectivity index (χ0) is 7.82. The minimum absolute atomic E-state index is 0.209. The summed E-state index contributed by atoms with van der Waals surface area (Å²) in [4.78, 5) is 4.67. The third-order valence-corrected chi connectivity index (χ3v) is 0.721. The van der Waals surface area contributed by atoms with Crippen LogP contribution in [0.2, 0.25) is 0 Å². The molecule has 3 heteroatoms. The standard InChI is InChI=1S/C7H11NO2/c1-4-5-10-8-7(2)6-9-3/h1H,5-6H2,2-3H3/b8-7+.